The van der Waals surface area contributed by atoms with E-state index in [1.165, 1.54) is 22.6 Å². The van der Waals surface area contributed by atoms with Gasteiger partial charge in [0.05, 0.1) is 0 Å². The van der Waals surface area contributed by atoms with Crippen LogP contribution in [0.5, 0.6) is 0 Å². The molecule has 2 aromatic rings. The largest absolute Gasteiger partial charge is 0.305 e. The van der Waals surface area contributed by atoms with Crippen LogP contribution in [0.15, 0.2) is 58.3 Å². The lowest BCUT2D eigenvalue weighted by atomic mass is 10.2. The van der Waals surface area contributed by atoms with Crippen LogP contribution in [-0.2, 0) is 6.54 Å². The minimum Gasteiger partial charge on any atom is -0.305 e. The van der Waals surface area contributed by atoms with E-state index in [0.717, 1.165) is 11.4 Å². The molecule has 0 amide bonds. The predicted molar refractivity (Wildman–Crippen MR) is 81.6 cm³/mol. The number of halogens is 2. The van der Waals surface area contributed by atoms with Crippen LogP contribution in [0.3, 0.4) is 0 Å². The average Bonchev–Trinajstić information content (AvgIpc) is 2.34. The van der Waals surface area contributed by atoms with Gasteiger partial charge in [-0.15, -0.1) is 12.4 Å². The summed E-state index contributed by atoms with van der Waals surface area (Å²) in [6.45, 7) is 0.907. The number of benzene rings is 2. The van der Waals surface area contributed by atoms with E-state index in [0.29, 0.717) is 0 Å². The summed E-state index contributed by atoms with van der Waals surface area (Å²) in [5.74, 6) is -0.194. The first-order valence-corrected chi connectivity index (χ1v) is 6.63. The van der Waals surface area contributed by atoms with Crippen LogP contribution in [0.2, 0.25) is 0 Å². The Morgan fingerprint density at radius 2 is 1.63 bits per heavy atom. The Kier molecular flexibility index (Phi) is 6.35. The van der Waals surface area contributed by atoms with E-state index >= 15 is 0 Å². The lowest BCUT2D eigenvalue weighted by Crippen LogP contribution is -2.11. The molecule has 0 atom stereocenters. The van der Waals surface area contributed by atoms with Gasteiger partial charge in [-0.05, 0) is 50.0 Å². The van der Waals surface area contributed by atoms with Crippen LogP contribution >= 0.6 is 24.2 Å². The van der Waals surface area contributed by atoms with Crippen LogP contribution in [0.25, 0.3) is 0 Å². The molecule has 0 unspecified atom stereocenters. The van der Waals surface area contributed by atoms with Crippen molar-refractivity contribution in [2.75, 3.05) is 14.1 Å². The molecule has 2 rings (SSSR count). The third-order valence-corrected chi connectivity index (χ3v) is 3.63. The molecule has 0 spiro atoms. The summed E-state index contributed by atoms with van der Waals surface area (Å²) in [4.78, 5) is 4.42. The third kappa shape index (κ3) is 4.86. The van der Waals surface area contributed by atoms with Crippen molar-refractivity contribution in [3.8, 4) is 0 Å². The molecule has 0 aliphatic heterocycles. The van der Waals surface area contributed by atoms with Gasteiger partial charge in [0.1, 0.15) is 5.82 Å². The standard InChI is InChI=1S/C15H16FNS.ClH/c1-17(2)11-12-5-3-4-6-15(12)18-14-9-7-13(16)8-10-14;/h3-10H,11H2,1-2H3;1H. The van der Waals surface area contributed by atoms with E-state index in [2.05, 4.69) is 31.1 Å². The molecule has 1 nitrogen and oxygen atoms in total. The second-order valence-electron chi connectivity index (χ2n) is 4.40. The van der Waals surface area contributed by atoms with Gasteiger partial charge in [0, 0.05) is 16.3 Å². The minimum absolute atomic E-state index is 0. The maximum Gasteiger partial charge on any atom is 0.123 e. The van der Waals surface area contributed by atoms with Crippen LogP contribution in [0.4, 0.5) is 4.39 Å². The summed E-state index contributed by atoms with van der Waals surface area (Å²) in [5.41, 5.74) is 1.29. The van der Waals surface area contributed by atoms with Gasteiger partial charge in [0.25, 0.3) is 0 Å². The van der Waals surface area contributed by atoms with Gasteiger partial charge in [-0.3, -0.25) is 0 Å². The monoisotopic (exact) mass is 297 g/mol. The first-order chi connectivity index (χ1) is 8.65. The van der Waals surface area contributed by atoms with E-state index in [1.54, 1.807) is 11.8 Å². The van der Waals surface area contributed by atoms with Crippen LogP contribution in [0, 0.1) is 5.82 Å². The molecule has 0 heterocycles. The zero-order valence-corrected chi connectivity index (χ0v) is 12.6. The molecule has 0 aliphatic rings. The Morgan fingerprint density at radius 3 is 2.26 bits per heavy atom. The van der Waals surface area contributed by atoms with E-state index in [-0.39, 0.29) is 18.2 Å². The fourth-order valence-corrected chi connectivity index (χ4v) is 2.64. The van der Waals surface area contributed by atoms with Gasteiger partial charge >= 0.3 is 0 Å². The fraction of sp³-hybridized carbons (Fsp3) is 0.200. The fourth-order valence-electron chi connectivity index (χ4n) is 1.70. The molecular formula is C15H17ClFNS. The van der Waals surface area contributed by atoms with Gasteiger partial charge in [-0.2, -0.15) is 0 Å². The van der Waals surface area contributed by atoms with Crippen molar-refractivity contribution in [3.63, 3.8) is 0 Å². The maximum absolute atomic E-state index is 12.9. The zero-order valence-electron chi connectivity index (χ0n) is 11.0. The Balaban J connectivity index is 0.00000180. The highest BCUT2D eigenvalue weighted by Gasteiger charge is 2.05. The SMILES string of the molecule is CN(C)Cc1ccccc1Sc1ccc(F)cc1.Cl. The molecule has 0 aromatic heterocycles. The van der Waals surface area contributed by atoms with Gasteiger partial charge in [0.2, 0.25) is 0 Å². The molecule has 0 fully saturated rings. The van der Waals surface area contributed by atoms with Gasteiger partial charge in [-0.1, -0.05) is 30.0 Å². The van der Waals surface area contributed by atoms with Crippen LogP contribution in [-0.4, -0.2) is 19.0 Å². The van der Waals surface area contributed by atoms with Gasteiger partial charge < -0.3 is 4.90 Å². The van der Waals surface area contributed by atoms with Gasteiger partial charge in [-0.25, -0.2) is 4.39 Å². The molecular weight excluding hydrogens is 281 g/mol. The minimum atomic E-state index is -0.194. The van der Waals surface area contributed by atoms with Crippen molar-refractivity contribution in [2.24, 2.45) is 0 Å². The average molecular weight is 298 g/mol. The van der Waals surface area contributed by atoms with Crippen molar-refractivity contribution < 1.29 is 4.39 Å². The quantitative estimate of drug-likeness (QED) is 0.819. The van der Waals surface area contributed by atoms with Crippen molar-refractivity contribution in [3.05, 3.63) is 59.9 Å². The summed E-state index contributed by atoms with van der Waals surface area (Å²) in [6.07, 6.45) is 0. The number of hydrogen-bond donors (Lipinski definition) is 0. The molecule has 0 saturated heterocycles. The van der Waals surface area contributed by atoms with E-state index in [1.807, 2.05) is 24.3 Å². The lowest BCUT2D eigenvalue weighted by molar-refractivity contribution is 0.399. The summed E-state index contributed by atoms with van der Waals surface area (Å²) in [6, 6.07) is 14.9. The number of nitrogens with zero attached hydrogens (tertiary/aromatic N) is 1. The molecule has 102 valence electrons. The Labute approximate surface area is 124 Å². The van der Waals surface area contributed by atoms with Crippen molar-refractivity contribution in [1.82, 2.24) is 4.90 Å². The highest BCUT2D eigenvalue weighted by Crippen LogP contribution is 2.30. The van der Waals surface area contributed by atoms with E-state index in [4.69, 9.17) is 0 Å². The Hall–Kier alpha value is -1.03. The Morgan fingerprint density at radius 1 is 1.00 bits per heavy atom. The summed E-state index contributed by atoms with van der Waals surface area (Å²) >= 11 is 1.67. The third-order valence-electron chi connectivity index (χ3n) is 2.50. The second-order valence-corrected chi connectivity index (χ2v) is 5.52. The molecule has 2 aromatic carbocycles. The lowest BCUT2D eigenvalue weighted by Gasteiger charge is -2.13. The normalized spacial score (nSPS) is 10.3. The summed E-state index contributed by atoms with van der Waals surface area (Å²) < 4.78 is 12.9. The molecule has 0 bridgehead atoms. The van der Waals surface area contributed by atoms with Crippen molar-refractivity contribution >= 4 is 24.2 Å². The summed E-state index contributed by atoms with van der Waals surface area (Å²) in [7, 11) is 4.11. The smallest absolute Gasteiger partial charge is 0.123 e. The molecule has 0 saturated carbocycles. The predicted octanol–water partition coefficient (Wildman–Crippen LogP) is 4.46. The molecule has 4 heteroatoms. The van der Waals surface area contributed by atoms with E-state index < -0.39 is 0 Å². The van der Waals surface area contributed by atoms with Gasteiger partial charge in [0.15, 0.2) is 0 Å². The first kappa shape index (κ1) is 16.0. The summed E-state index contributed by atoms with van der Waals surface area (Å²) in [5, 5.41) is 0. The zero-order chi connectivity index (χ0) is 13.0. The molecule has 0 aliphatic carbocycles. The second kappa shape index (κ2) is 7.53. The molecule has 0 N–H and O–H groups in total. The van der Waals surface area contributed by atoms with Crippen molar-refractivity contribution in [2.45, 2.75) is 16.3 Å². The highest BCUT2D eigenvalue weighted by atomic mass is 35.5. The highest BCUT2D eigenvalue weighted by molar-refractivity contribution is 7.99. The topological polar surface area (TPSA) is 3.24 Å². The number of rotatable bonds is 4. The maximum atomic E-state index is 12.9. The van der Waals surface area contributed by atoms with Crippen LogP contribution < -0.4 is 0 Å². The van der Waals surface area contributed by atoms with Crippen molar-refractivity contribution in [1.29, 1.82) is 0 Å². The van der Waals surface area contributed by atoms with E-state index in [9.17, 15) is 4.39 Å². The number of hydrogen-bond acceptors (Lipinski definition) is 2. The molecule has 19 heavy (non-hydrogen) atoms. The van der Waals surface area contributed by atoms with Crippen LogP contribution in [0.1, 0.15) is 5.56 Å². The first-order valence-electron chi connectivity index (χ1n) is 5.81. The molecule has 0 radical (unpaired) electrons. The Bertz CT molecular complexity index is 514.